The summed E-state index contributed by atoms with van der Waals surface area (Å²) in [6, 6.07) is 17.8. The van der Waals surface area contributed by atoms with Crippen molar-refractivity contribution in [3.05, 3.63) is 60.4 Å². The van der Waals surface area contributed by atoms with E-state index in [-0.39, 0.29) is 12.3 Å². The van der Waals surface area contributed by atoms with Crippen LogP contribution in [0.2, 0.25) is 0 Å². The molecule has 6 heteroatoms. The van der Waals surface area contributed by atoms with Crippen molar-refractivity contribution < 1.29 is 14.7 Å². The van der Waals surface area contributed by atoms with E-state index in [9.17, 15) is 14.7 Å². The zero-order valence-electron chi connectivity index (χ0n) is 15.6. The van der Waals surface area contributed by atoms with E-state index in [1.54, 1.807) is 0 Å². The van der Waals surface area contributed by atoms with Crippen molar-refractivity contribution in [2.24, 2.45) is 0 Å². The highest BCUT2D eigenvalue weighted by Gasteiger charge is 2.42. The number of carboxylic acid groups (broad SMARTS) is 1. The van der Waals surface area contributed by atoms with Gasteiger partial charge in [-0.1, -0.05) is 43.2 Å². The van der Waals surface area contributed by atoms with Crippen LogP contribution in [0.4, 0.5) is 0 Å². The lowest BCUT2D eigenvalue weighted by atomic mass is 9.97. The number of hydrogen-bond donors (Lipinski definition) is 2. The van der Waals surface area contributed by atoms with Gasteiger partial charge in [-0.05, 0) is 37.1 Å². The Morgan fingerprint density at radius 2 is 1.71 bits per heavy atom. The van der Waals surface area contributed by atoms with Gasteiger partial charge in [-0.15, -0.1) is 0 Å². The zero-order valence-corrected chi connectivity index (χ0v) is 15.6. The topological polar surface area (TPSA) is 84.2 Å². The molecule has 0 bridgehead atoms. The van der Waals surface area contributed by atoms with Gasteiger partial charge in [-0.2, -0.15) is 0 Å². The van der Waals surface area contributed by atoms with Gasteiger partial charge in [0.25, 0.3) is 0 Å². The third-order valence-electron chi connectivity index (χ3n) is 5.47. The number of aryl methyl sites for hydroxylation is 1. The normalized spacial score (nSPS) is 15.6. The largest absolute Gasteiger partial charge is 0.480 e. The summed E-state index contributed by atoms with van der Waals surface area (Å²) < 4.78 is 2.06. The third kappa shape index (κ3) is 3.38. The zero-order chi connectivity index (χ0) is 19.6. The second kappa shape index (κ2) is 7.46. The summed E-state index contributed by atoms with van der Waals surface area (Å²) in [7, 11) is 0. The number of carboxylic acids is 1. The molecular weight excluding hydrogens is 354 g/mol. The van der Waals surface area contributed by atoms with E-state index in [1.165, 1.54) is 0 Å². The van der Waals surface area contributed by atoms with Gasteiger partial charge in [0.15, 0.2) is 0 Å². The number of carbonyl (C=O) groups excluding carboxylic acids is 1. The molecule has 0 atom stereocenters. The van der Waals surface area contributed by atoms with Crippen molar-refractivity contribution in [2.45, 2.75) is 44.1 Å². The fourth-order valence-corrected chi connectivity index (χ4v) is 4.03. The molecule has 2 N–H and O–H groups in total. The molecule has 0 radical (unpaired) electrons. The molecule has 1 amide bonds. The monoisotopic (exact) mass is 377 g/mol. The summed E-state index contributed by atoms with van der Waals surface area (Å²) in [5.41, 5.74) is 1.75. The molecule has 0 unspecified atom stereocenters. The summed E-state index contributed by atoms with van der Waals surface area (Å²) in [6.07, 6.45) is 3.29. The lowest BCUT2D eigenvalue weighted by molar-refractivity contribution is -0.147. The second-order valence-electron chi connectivity index (χ2n) is 7.33. The molecule has 1 aliphatic carbocycles. The first-order valence-electron chi connectivity index (χ1n) is 9.65. The Kier molecular flexibility index (Phi) is 4.86. The predicted octanol–water partition coefficient (Wildman–Crippen LogP) is 3.47. The van der Waals surface area contributed by atoms with E-state index < -0.39 is 11.5 Å². The highest BCUT2D eigenvalue weighted by atomic mass is 16.4. The van der Waals surface area contributed by atoms with Crippen molar-refractivity contribution >= 4 is 22.9 Å². The van der Waals surface area contributed by atoms with Crippen LogP contribution in [0, 0.1) is 0 Å². The molecule has 4 rings (SSSR count). The maximum atomic E-state index is 12.5. The van der Waals surface area contributed by atoms with Crippen molar-refractivity contribution in [1.82, 2.24) is 14.9 Å². The minimum Gasteiger partial charge on any atom is -0.480 e. The highest BCUT2D eigenvalue weighted by Crippen LogP contribution is 2.30. The van der Waals surface area contributed by atoms with Crippen molar-refractivity contribution in [3.63, 3.8) is 0 Å². The summed E-state index contributed by atoms with van der Waals surface area (Å²) in [4.78, 5) is 28.9. The number of hydrogen-bond acceptors (Lipinski definition) is 3. The number of nitrogens with one attached hydrogen (secondary N) is 1. The summed E-state index contributed by atoms with van der Waals surface area (Å²) in [6.45, 7) is 0. The fourth-order valence-electron chi connectivity index (χ4n) is 4.03. The van der Waals surface area contributed by atoms with E-state index in [0.29, 0.717) is 19.3 Å². The first kappa shape index (κ1) is 18.2. The van der Waals surface area contributed by atoms with Gasteiger partial charge >= 0.3 is 5.97 Å². The lowest BCUT2D eigenvalue weighted by Gasteiger charge is -2.25. The Balaban J connectivity index is 1.57. The molecule has 0 saturated heterocycles. The van der Waals surface area contributed by atoms with E-state index in [4.69, 9.17) is 4.98 Å². The summed E-state index contributed by atoms with van der Waals surface area (Å²) >= 11 is 0. The second-order valence-corrected chi connectivity index (χ2v) is 7.33. The average molecular weight is 377 g/mol. The quantitative estimate of drug-likeness (QED) is 0.689. The first-order chi connectivity index (χ1) is 13.6. The number of rotatable bonds is 6. The Labute approximate surface area is 163 Å². The maximum Gasteiger partial charge on any atom is 0.329 e. The molecule has 1 aliphatic rings. The number of aliphatic carboxylic acids is 1. The number of aromatic nitrogens is 2. The number of imidazole rings is 1. The van der Waals surface area contributed by atoms with Crippen LogP contribution in [-0.2, 0) is 16.0 Å². The van der Waals surface area contributed by atoms with E-state index >= 15 is 0 Å². The van der Waals surface area contributed by atoms with Crippen LogP contribution in [0.3, 0.4) is 0 Å². The number of carbonyl (C=O) groups is 2. The van der Waals surface area contributed by atoms with Crippen LogP contribution in [0.25, 0.3) is 16.7 Å². The van der Waals surface area contributed by atoms with E-state index in [0.717, 1.165) is 35.4 Å². The minimum absolute atomic E-state index is 0.200. The predicted molar refractivity (Wildman–Crippen MR) is 106 cm³/mol. The Hall–Kier alpha value is -3.15. The van der Waals surface area contributed by atoms with Crippen molar-refractivity contribution in [1.29, 1.82) is 0 Å². The van der Waals surface area contributed by atoms with Gasteiger partial charge in [0.2, 0.25) is 5.91 Å². The third-order valence-corrected chi connectivity index (χ3v) is 5.47. The van der Waals surface area contributed by atoms with Crippen LogP contribution < -0.4 is 5.32 Å². The summed E-state index contributed by atoms with van der Waals surface area (Å²) in [5.74, 6) is -0.385. The average Bonchev–Trinajstić information content (AvgIpc) is 3.32. The molecule has 1 heterocycles. The van der Waals surface area contributed by atoms with Gasteiger partial charge in [-0.3, -0.25) is 9.36 Å². The number of amides is 1. The van der Waals surface area contributed by atoms with Gasteiger partial charge in [0.05, 0.1) is 11.0 Å². The minimum atomic E-state index is -1.10. The van der Waals surface area contributed by atoms with Crippen LogP contribution in [0.5, 0.6) is 0 Å². The SMILES string of the molecule is O=C(CCc1nc2ccccc2n1-c1ccccc1)NC1(C(=O)O)CCCC1. The smallest absolute Gasteiger partial charge is 0.329 e. The van der Waals surface area contributed by atoms with Gasteiger partial charge in [-0.25, -0.2) is 9.78 Å². The maximum absolute atomic E-state index is 12.5. The molecule has 1 fully saturated rings. The lowest BCUT2D eigenvalue weighted by Crippen LogP contribution is -2.52. The molecule has 6 nitrogen and oxygen atoms in total. The van der Waals surface area contributed by atoms with E-state index in [1.807, 2.05) is 54.6 Å². The number of benzene rings is 2. The van der Waals surface area contributed by atoms with Gasteiger partial charge in [0.1, 0.15) is 11.4 Å². The van der Waals surface area contributed by atoms with Crippen LogP contribution in [0.15, 0.2) is 54.6 Å². The van der Waals surface area contributed by atoms with E-state index in [2.05, 4.69) is 9.88 Å². The Morgan fingerprint density at radius 1 is 1.04 bits per heavy atom. The van der Waals surface area contributed by atoms with Gasteiger partial charge in [0, 0.05) is 18.5 Å². The van der Waals surface area contributed by atoms with Crippen LogP contribution >= 0.6 is 0 Å². The molecule has 28 heavy (non-hydrogen) atoms. The molecule has 144 valence electrons. The molecule has 1 saturated carbocycles. The molecule has 0 aliphatic heterocycles. The molecule has 0 spiro atoms. The Bertz CT molecular complexity index is 1000. The summed E-state index contributed by atoms with van der Waals surface area (Å²) in [5, 5.41) is 12.3. The van der Waals surface area contributed by atoms with Crippen molar-refractivity contribution in [3.8, 4) is 5.69 Å². The number of nitrogens with zero attached hydrogens (tertiary/aromatic N) is 2. The molecule has 1 aromatic heterocycles. The van der Waals surface area contributed by atoms with Crippen molar-refractivity contribution in [2.75, 3.05) is 0 Å². The molecule has 2 aromatic carbocycles. The molecular formula is C22H23N3O3. The molecule has 3 aromatic rings. The number of fused-ring (bicyclic) bond motifs is 1. The van der Waals surface area contributed by atoms with Crippen LogP contribution in [0.1, 0.15) is 37.9 Å². The fraction of sp³-hybridized carbons (Fsp3) is 0.318. The van der Waals surface area contributed by atoms with Gasteiger partial charge < -0.3 is 10.4 Å². The van der Waals surface area contributed by atoms with Crippen LogP contribution in [-0.4, -0.2) is 32.1 Å². The first-order valence-corrected chi connectivity index (χ1v) is 9.65. The highest BCUT2D eigenvalue weighted by molar-refractivity contribution is 5.87. The standard InChI is InChI=1S/C22H23N3O3/c26-20(24-22(21(27)28)14-6-7-15-22)13-12-19-23-17-10-4-5-11-18(17)25(19)16-8-2-1-3-9-16/h1-5,8-11H,6-7,12-15H2,(H,24,26)(H,27,28). The number of para-hydroxylation sites is 3. The Morgan fingerprint density at radius 3 is 2.43 bits per heavy atom.